The van der Waals surface area contributed by atoms with Crippen LogP contribution in [0.5, 0.6) is 11.5 Å². The standard InChI is InChI=1S/C14H17NO6/c1-8(16)5-13(19)15-10(14(20)21-2)6-9-3-4-11(17)12(18)7-9/h3-5,7,10,16-18H,6H2,1-2H3,(H,15,19)/p-1/b8-5-. The van der Waals surface area contributed by atoms with Crippen LogP contribution in [0.4, 0.5) is 0 Å². The van der Waals surface area contributed by atoms with Crippen LogP contribution >= 0.6 is 0 Å². The normalized spacial score (nSPS) is 12.6. The van der Waals surface area contributed by atoms with E-state index in [1.54, 1.807) is 0 Å². The largest absolute Gasteiger partial charge is 0.875 e. The van der Waals surface area contributed by atoms with Crippen molar-refractivity contribution in [3.63, 3.8) is 0 Å². The summed E-state index contributed by atoms with van der Waals surface area (Å²) in [6.45, 7) is 1.21. The van der Waals surface area contributed by atoms with E-state index >= 15 is 0 Å². The van der Waals surface area contributed by atoms with Gasteiger partial charge in [0.2, 0.25) is 5.91 Å². The summed E-state index contributed by atoms with van der Waals surface area (Å²) in [5, 5.41) is 31.8. The number of phenolic OH excluding ortho intramolecular Hbond substituents is 2. The van der Waals surface area contributed by atoms with Crippen LogP contribution in [0, 0.1) is 0 Å². The Hall–Kier alpha value is -2.70. The van der Waals surface area contributed by atoms with Crippen molar-refractivity contribution in [2.45, 2.75) is 19.4 Å². The summed E-state index contributed by atoms with van der Waals surface area (Å²) in [4.78, 5) is 23.2. The minimum atomic E-state index is -1.01. The molecule has 7 heteroatoms. The van der Waals surface area contributed by atoms with Crippen molar-refractivity contribution < 1.29 is 29.6 Å². The van der Waals surface area contributed by atoms with E-state index in [9.17, 15) is 24.9 Å². The van der Waals surface area contributed by atoms with Crippen LogP contribution in [-0.4, -0.2) is 35.2 Å². The minimum absolute atomic E-state index is 0.0397. The molecule has 3 N–H and O–H groups in total. The number of phenols is 2. The Bertz CT molecular complexity index is 563. The number of rotatable bonds is 5. The van der Waals surface area contributed by atoms with Gasteiger partial charge in [0.1, 0.15) is 6.04 Å². The molecule has 0 aliphatic rings. The highest BCUT2D eigenvalue weighted by atomic mass is 16.5. The summed E-state index contributed by atoms with van der Waals surface area (Å²) in [6, 6.07) is 3.02. The molecule has 7 nitrogen and oxygen atoms in total. The number of aromatic hydroxyl groups is 2. The zero-order valence-corrected chi connectivity index (χ0v) is 11.6. The second-order valence-electron chi connectivity index (χ2n) is 4.37. The maximum absolute atomic E-state index is 11.6. The van der Waals surface area contributed by atoms with E-state index in [1.165, 1.54) is 32.2 Å². The van der Waals surface area contributed by atoms with Crippen molar-refractivity contribution in [1.82, 2.24) is 5.32 Å². The van der Waals surface area contributed by atoms with Crippen molar-refractivity contribution in [2.24, 2.45) is 0 Å². The number of esters is 1. The number of ether oxygens (including phenoxy) is 1. The quantitative estimate of drug-likeness (QED) is 0.293. The molecule has 0 saturated carbocycles. The number of benzene rings is 1. The van der Waals surface area contributed by atoms with E-state index in [1.807, 2.05) is 0 Å². The van der Waals surface area contributed by atoms with Crippen molar-refractivity contribution >= 4 is 11.9 Å². The lowest BCUT2D eigenvalue weighted by atomic mass is 10.1. The Labute approximate surface area is 121 Å². The first kappa shape index (κ1) is 16.4. The van der Waals surface area contributed by atoms with Crippen LogP contribution in [-0.2, 0) is 20.7 Å². The highest BCUT2D eigenvalue weighted by Gasteiger charge is 2.21. The fourth-order valence-corrected chi connectivity index (χ4v) is 1.67. The number of carbonyl (C=O) groups is 2. The molecule has 1 amide bonds. The fourth-order valence-electron chi connectivity index (χ4n) is 1.67. The average Bonchev–Trinajstić information content (AvgIpc) is 2.40. The third-order valence-electron chi connectivity index (χ3n) is 2.62. The Morgan fingerprint density at radius 1 is 1.38 bits per heavy atom. The second kappa shape index (κ2) is 7.18. The van der Waals surface area contributed by atoms with Crippen molar-refractivity contribution in [3.05, 3.63) is 35.6 Å². The third-order valence-corrected chi connectivity index (χ3v) is 2.62. The summed E-state index contributed by atoms with van der Waals surface area (Å²) < 4.78 is 4.58. The lowest BCUT2D eigenvalue weighted by molar-refractivity contribution is -0.301. The highest BCUT2D eigenvalue weighted by molar-refractivity contribution is 5.91. The SMILES string of the molecule is COC(=O)C(Cc1ccc(O)c(O)c1)NC(=O)/C=C(/C)[O-]. The molecule has 0 aliphatic carbocycles. The Morgan fingerprint density at radius 3 is 2.57 bits per heavy atom. The number of nitrogens with one attached hydrogen (secondary N) is 1. The minimum Gasteiger partial charge on any atom is -0.875 e. The van der Waals surface area contributed by atoms with Gasteiger partial charge in [-0.25, -0.2) is 4.79 Å². The smallest absolute Gasteiger partial charge is 0.328 e. The van der Waals surface area contributed by atoms with Gasteiger partial charge in [-0.15, -0.1) is 5.76 Å². The van der Waals surface area contributed by atoms with Crippen LogP contribution in [0.15, 0.2) is 30.0 Å². The van der Waals surface area contributed by atoms with Gasteiger partial charge >= 0.3 is 5.97 Å². The molecule has 1 unspecified atom stereocenters. The first-order valence-corrected chi connectivity index (χ1v) is 6.08. The van der Waals surface area contributed by atoms with Gasteiger partial charge < -0.3 is 25.4 Å². The Morgan fingerprint density at radius 2 is 2.05 bits per heavy atom. The number of methoxy groups -OCH3 is 1. The molecule has 0 radical (unpaired) electrons. The zero-order chi connectivity index (χ0) is 16.0. The van der Waals surface area contributed by atoms with Gasteiger partial charge in [-0.3, -0.25) is 4.79 Å². The zero-order valence-electron chi connectivity index (χ0n) is 11.6. The summed E-state index contributed by atoms with van der Waals surface area (Å²) in [7, 11) is 1.17. The van der Waals surface area contributed by atoms with Gasteiger partial charge in [0, 0.05) is 6.42 Å². The molecule has 0 fully saturated rings. The van der Waals surface area contributed by atoms with E-state index in [-0.39, 0.29) is 17.9 Å². The lowest BCUT2D eigenvalue weighted by Gasteiger charge is -2.16. The predicted molar refractivity (Wildman–Crippen MR) is 71.2 cm³/mol. The van der Waals surface area contributed by atoms with E-state index < -0.39 is 23.7 Å². The van der Waals surface area contributed by atoms with Crippen LogP contribution in [0.3, 0.4) is 0 Å². The maximum atomic E-state index is 11.6. The van der Waals surface area contributed by atoms with E-state index in [0.717, 1.165) is 6.08 Å². The molecule has 0 aliphatic heterocycles. The second-order valence-corrected chi connectivity index (χ2v) is 4.37. The summed E-state index contributed by atoms with van der Waals surface area (Å²) in [5.74, 6) is -2.47. The van der Waals surface area contributed by atoms with Crippen LogP contribution in [0.2, 0.25) is 0 Å². The number of carbonyl (C=O) groups excluding carboxylic acids is 2. The lowest BCUT2D eigenvalue weighted by Crippen LogP contribution is -2.42. The van der Waals surface area contributed by atoms with Gasteiger partial charge in [-0.05, 0) is 23.8 Å². The van der Waals surface area contributed by atoms with Crippen LogP contribution < -0.4 is 10.4 Å². The van der Waals surface area contributed by atoms with Gasteiger partial charge in [-0.1, -0.05) is 13.0 Å². The number of hydrogen-bond donors (Lipinski definition) is 3. The van der Waals surface area contributed by atoms with Crippen molar-refractivity contribution in [1.29, 1.82) is 0 Å². The molecule has 0 aromatic heterocycles. The molecule has 0 heterocycles. The molecule has 1 aromatic carbocycles. The summed E-state index contributed by atoms with van der Waals surface area (Å²) in [5.41, 5.74) is 0.504. The molecular formula is C14H16NO6-. The molecule has 21 heavy (non-hydrogen) atoms. The summed E-state index contributed by atoms with van der Waals surface area (Å²) in [6.07, 6.45) is 0.863. The van der Waals surface area contributed by atoms with E-state index in [4.69, 9.17) is 0 Å². The third kappa shape index (κ3) is 5.06. The molecule has 0 saturated heterocycles. The number of amides is 1. The van der Waals surface area contributed by atoms with Gasteiger partial charge in [-0.2, -0.15) is 0 Å². The molecule has 1 atom stereocenters. The predicted octanol–water partition coefficient (Wildman–Crippen LogP) is -0.438. The van der Waals surface area contributed by atoms with Crippen molar-refractivity contribution in [3.8, 4) is 11.5 Å². The van der Waals surface area contributed by atoms with E-state index in [2.05, 4.69) is 10.1 Å². The molecule has 1 rings (SSSR count). The Kier molecular flexibility index (Phi) is 5.59. The van der Waals surface area contributed by atoms with Crippen LogP contribution in [0.1, 0.15) is 12.5 Å². The highest BCUT2D eigenvalue weighted by Crippen LogP contribution is 2.25. The first-order valence-electron chi connectivity index (χ1n) is 6.08. The molecule has 0 spiro atoms. The molecular weight excluding hydrogens is 278 g/mol. The Balaban J connectivity index is 2.88. The molecule has 1 aromatic rings. The molecule has 0 bridgehead atoms. The van der Waals surface area contributed by atoms with Gasteiger partial charge in [0.25, 0.3) is 0 Å². The topological polar surface area (TPSA) is 119 Å². The maximum Gasteiger partial charge on any atom is 0.328 e. The number of hydrogen-bond acceptors (Lipinski definition) is 6. The average molecular weight is 294 g/mol. The van der Waals surface area contributed by atoms with E-state index in [0.29, 0.717) is 5.56 Å². The van der Waals surface area contributed by atoms with Crippen molar-refractivity contribution in [2.75, 3.05) is 7.11 Å². The first-order chi connectivity index (χ1) is 9.83. The van der Waals surface area contributed by atoms with Crippen LogP contribution in [0.25, 0.3) is 0 Å². The van der Waals surface area contributed by atoms with Gasteiger partial charge in [0.15, 0.2) is 11.5 Å². The monoisotopic (exact) mass is 294 g/mol. The van der Waals surface area contributed by atoms with Gasteiger partial charge in [0.05, 0.1) is 7.11 Å². The number of allylic oxidation sites excluding steroid dienone is 1. The summed E-state index contributed by atoms with van der Waals surface area (Å²) >= 11 is 0. The molecule has 114 valence electrons. The fraction of sp³-hybridized carbons (Fsp3) is 0.286.